The third-order valence-corrected chi connectivity index (χ3v) is 0. The second kappa shape index (κ2) is 31.4. The standard InChI is InChI=1S/C2.2Ce.4ClH/c1-2;;;;;;/h;;;4*1H/q-2;2*+3;;;;/p-4. The van der Waals surface area contributed by atoms with E-state index >= 15 is 0 Å². The van der Waals surface area contributed by atoms with Crippen LogP contribution in [0.3, 0.4) is 0 Å². The molecule has 0 amide bonds. The van der Waals surface area contributed by atoms with Gasteiger partial charge in [0, 0.05) is 0 Å². The second-order valence-corrected chi connectivity index (χ2v) is 9.36. The monoisotopic (exact) mass is 444 g/mol. The topological polar surface area (TPSA) is 0 Å². The molecule has 0 saturated heterocycles. The van der Waals surface area contributed by atoms with Gasteiger partial charge in [0.2, 0.25) is 0 Å². The van der Waals surface area contributed by atoms with Crippen LogP contribution in [0.4, 0.5) is 0 Å². The van der Waals surface area contributed by atoms with E-state index in [4.69, 9.17) is 35.4 Å². The molecule has 0 rings (SSSR count). The molecule has 0 heterocycles. The average Bonchev–Trinajstić information content (AvgIpc) is 1.75. The van der Waals surface area contributed by atoms with E-state index in [9.17, 15) is 0 Å². The summed E-state index contributed by atoms with van der Waals surface area (Å²) >= 11 is -1.94. The summed E-state index contributed by atoms with van der Waals surface area (Å²) in [6.07, 6.45) is 10.0. The first kappa shape index (κ1) is 17.5. The van der Waals surface area contributed by atoms with Gasteiger partial charge < -0.3 is 12.8 Å². The van der Waals surface area contributed by atoms with Crippen molar-refractivity contribution in [1.82, 2.24) is 0 Å². The summed E-state index contributed by atoms with van der Waals surface area (Å²) in [6, 6.07) is 0. The van der Waals surface area contributed by atoms with Crippen LogP contribution >= 0.6 is 22.5 Å². The van der Waals surface area contributed by atoms with Gasteiger partial charge in [0.1, 0.15) is 0 Å². The molecule has 0 aliphatic heterocycles. The summed E-state index contributed by atoms with van der Waals surface area (Å²) in [4.78, 5) is 0. The zero-order valence-electron chi connectivity index (χ0n) is 3.51. The molecule has 0 saturated carbocycles. The van der Waals surface area contributed by atoms with Crippen molar-refractivity contribution in [2.45, 2.75) is 0 Å². The molecule has 0 aromatic rings. The Bertz CT molecular complexity index is 28.5. The van der Waals surface area contributed by atoms with Gasteiger partial charge in [-0.15, -0.1) is 0 Å². The van der Waals surface area contributed by atoms with Crippen LogP contribution in [0, 0.1) is 81.6 Å². The van der Waals surface area contributed by atoms with Crippen LogP contribution < -0.4 is 0 Å². The number of hydrogen-bond acceptors (Lipinski definition) is 0. The molecule has 0 bridgehead atoms. The molecule has 0 atom stereocenters. The Kier molecular flexibility index (Phi) is 68.7. The summed E-state index contributed by atoms with van der Waals surface area (Å²) in [5.41, 5.74) is 19.8. The maximum absolute atomic E-state index is 5.00. The molecule has 0 aliphatic rings. The van der Waals surface area contributed by atoms with Gasteiger partial charge in [-0.25, -0.2) is 0 Å². The summed E-state index contributed by atoms with van der Waals surface area (Å²) in [5.74, 6) is 0. The molecule has 6 heteroatoms. The summed E-state index contributed by atoms with van der Waals surface area (Å²) in [6.45, 7) is 0. The second-order valence-electron chi connectivity index (χ2n) is 0.143. The third kappa shape index (κ3) is 56.4. The number of hydrogen-bond donors (Lipinski definition) is 0. The number of rotatable bonds is 0. The quantitative estimate of drug-likeness (QED) is 0.397. The fourth-order valence-electron chi connectivity index (χ4n) is 0. The van der Waals surface area contributed by atoms with Crippen LogP contribution in [0.2, 0.25) is 0 Å². The molecule has 0 radical (unpaired) electrons. The van der Waals surface area contributed by atoms with Crippen LogP contribution in [-0.4, -0.2) is 0 Å². The minimum atomic E-state index is -0.972. The van der Waals surface area contributed by atoms with Gasteiger partial charge in [0.25, 0.3) is 0 Å². The molecule has 0 aromatic heterocycles. The van der Waals surface area contributed by atoms with Crippen molar-refractivity contribution in [3.63, 3.8) is 0 Å². The van der Waals surface area contributed by atoms with Crippen LogP contribution in [0.25, 0.3) is 0 Å². The van der Waals surface area contributed by atoms with Gasteiger partial charge in [0.05, 0.1) is 0 Å². The molecule has 0 nitrogen and oxygen atoms in total. The summed E-state index contributed by atoms with van der Waals surface area (Å²) < 4.78 is 0. The fraction of sp³-hybridized carbons (Fsp3) is 0. The van der Waals surface area contributed by atoms with Crippen LogP contribution in [0.15, 0.2) is 0 Å². The minimum absolute atomic E-state index is 0.972. The first-order chi connectivity index (χ1) is 3.83. The molecule has 0 fully saturated rings. The molecule has 0 aliphatic carbocycles. The number of halogens is 4. The molecule has 44 valence electrons. The first-order valence-corrected chi connectivity index (χ1v) is 16.8. The van der Waals surface area contributed by atoms with Gasteiger partial charge >= 0.3 is 91.2 Å². The van der Waals surface area contributed by atoms with Gasteiger partial charge in [-0.1, -0.05) is 0 Å². The Balaban J connectivity index is -0.0000000483. The molecular weight excluding hydrogens is 446 g/mol. The molecule has 0 unspecified atom stereocenters. The molecule has 0 spiro atoms. The van der Waals surface area contributed by atoms with Gasteiger partial charge in [-0.3, -0.25) is 0 Å². The van der Waals surface area contributed by atoms with Crippen molar-refractivity contribution >= 4 is 22.5 Å². The van der Waals surface area contributed by atoms with Crippen molar-refractivity contribution in [1.29, 1.82) is 0 Å². The Labute approximate surface area is 101 Å². The summed E-state index contributed by atoms with van der Waals surface area (Å²) in [5, 5.41) is 0. The Morgan fingerprint density at radius 3 is 0.750 bits per heavy atom. The van der Waals surface area contributed by atoms with E-state index in [1.165, 1.54) is 0 Å². The predicted octanol–water partition coefficient (Wildman–Crippen LogP) is 2.92. The van der Waals surface area contributed by atoms with Crippen molar-refractivity contribution in [2.24, 2.45) is 0 Å². The molecule has 0 aromatic carbocycles. The van der Waals surface area contributed by atoms with Gasteiger partial charge in [-0.05, 0) is 0 Å². The Morgan fingerprint density at radius 1 is 0.750 bits per heavy atom. The van der Waals surface area contributed by atoms with E-state index in [0.717, 1.165) is 0 Å². The third-order valence-electron chi connectivity index (χ3n) is 0. The fourth-order valence-corrected chi connectivity index (χ4v) is 0. The van der Waals surface area contributed by atoms with Crippen molar-refractivity contribution in [3.05, 3.63) is 12.8 Å². The Morgan fingerprint density at radius 2 is 0.750 bits per heavy atom. The van der Waals surface area contributed by atoms with Crippen LogP contribution in [0.1, 0.15) is 0 Å². The zero-order valence-corrected chi connectivity index (χ0v) is 12.8. The molecule has 0 N–H and O–H groups in total. The van der Waals surface area contributed by atoms with Gasteiger partial charge in [-0.2, -0.15) is 0 Å². The summed E-state index contributed by atoms with van der Waals surface area (Å²) in [7, 11) is 0. The van der Waals surface area contributed by atoms with Crippen molar-refractivity contribution < 1.29 is 68.7 Å². The average molecular weight is 446 g/mol. The van der Waals surface area contributed by atoms with E-state index < -0.39 is 68.7 Å². The van der Waals surface area contributed by atoms with Crippen LogP contribution in [0.5, 0.6) is 0 Å². The van der Waals surface area contributed by atoms with E-state index in [-0.39, 0.29) is 0 Å². The van der Waals surface area contributed by atoms with Crippen LogP contribution in [-0.2, 0) is 0 Å². The molecular formula is C2Ce2Cl4. The SMILES string of the molecule is [C-]#[C-].[Cl][Ce+][Cl].[Cl][Ce+][Cl]. The van der Waals surface area contributed by atoms with Crippen molar-refractivity contribution in [2.75, 3.05) is 0 Å². The van der Waals surface area contributed by atoms with E-state index in [1.807, 2.05) is 0 Å². The molecule has 8 heavy (non-hydrogen) atoms. The van der Waals surface area contributed by atoms with E-state index in [0.29, 0.717) is 0 Å². The zero-order chi connectivity index (χ0) is 7.41. The van der Waals surface area contributed by atoms with E-state index in [2.05, 4.69) is 0 Å². The predicted molar refractivity (Wildman–Crippen MR) is 29.9 cm³/mol. The first-order valence-electron chi connectivity index (χ1n) is 1.01. The van der Waals surface area contributed by atoms with Crippen molar-refractivity contribution in [3.8, 4) is 0 Å². The van der Waals surface area contributed by atoms with Gasteiger partial charge in [0.15, 0.2) is 0 Å². The normalized spacial score (nSPS) is 2.75. The maximum atomic E-state index is 5.00. The van der Waals surface area contributed by atoms with E-state index in [1.54, 1.807) is 0 Å². The Hall–Kier alpha value is 3.47.